The summed E-state index contributed by atoms with van der Waals surface area (Å²) in [5.74, 6) is -0.938. The summed E-state index contributed by atoms with van der Waals surface area (Å²) in [7, 11) is -4.16. The second kappa shape index (κ2) is 14.2. The van der Waals surface area contributed by atoms with Crippen molar-refractivity contribution in [3.8, 4) is 0 Å². The van der Waals surface area contributed by atoms with Crippen LogP contribution < -0.4 is 9.62 Å². The molecular formula is C31H37Cl2N3O4S. The van der Waals surface area contributed by atoms with Crippen LogP contribution in [0.5, 0.6) is 0 Å². The molecule has 41 heavy (non-hydrogen) atoms. The highest BCUT2D eigenvalue weighted by molar-refractivity contribution is 7.92. The summed E-state index contributed by atoms with van der Waals surface area (Å²) in [6, 6.07) is 17.5. The molecule has 220 valence electrons. The lowest BCUT2D eigenvalue weighted by atomic mass is 10.1. The quantitative estimate of drug-likeness (QED) is 0.255. The Morgan fingerprint density at radius 2 is 1.51 bits per heavy atom. The molecular weight excluding hydrogens is 581 g/mol. The van der Waals surface area contributed by atoms with Crippen molar-refractivity contribution < 1.29 is 18.0 Å². The minimum Gasteiger partial charge on any atom is -0.352 e. The number of aryl methyl sites for hydroxylation is 2. The van der Waals surface area contributed by atoms with Gasteiger partial charge in [0.15, 0.2) is 0 Å². The van der Waals surface area contributed by atoms with E-state index in [1.807, 2.05) is 39.8 Å². The summed E-state index contributed by atoms with van der Waals surface area (Å²) < 4.78 is 29.2. The van der Waals surface area contributed by atoms with E-state index in [2.05, 4.69) is 5.32 Å². The molecule has 0 spiro atoms. The standard InChI is InChI=1S/C31H37Cl2N3O4S/c1-6-22(4)34-31(38)23(5)35(19-26-27(32)12-10-13-28(26)33)30(37)20-36(29-14-9-8-11-24(29)7-2)41(39,40)25-17-15-21(3)16-18-25/h8-18,22-23H,6-7,19-20H2,1-5H3,(H,34,38). The first-order chi connectivity index (χ1) is 19.4. The number of amides is 2. The van der Waals surface area contributed by atoms with Crippen molar-refractivity contribution in [2.75, 3.05) is 10.8 Å². The van der Waals surface area contributed by atoms with Crippen LogP contribution in [-0.4, -0.2) is 43.8 Å². The van der Waals surface area contributed by atoms with E-state index < -0.39 is 28.5 Å². The van der Waals surface area contributed by atoms with Crippen molar-refractivity contribution in [2.24, 2.45) is 0 Å². The number of nitrogens with one attached hydrogen (secondary N) is 1. The molecule has 0 aliphatic rings. The molecule has 3 aromatic carbocycles. The highest BCUT2D eigenvalue weighted by Gasteiger charge is 2.34. The van der Waals surface area contributed by atoms with E-state index in [0.29, 0.717) is 34.1 Å². The summed E-state index contributed by atoms with van der Waals surface area (Å²) in [6.07, 6.45) is 1.26. The van der Waals surface area contributed by atoms with E-state index in [1.165, 1.54) is 17.0 Å². The molecule has 0 aliphatic carbocycles. The first-order valence-electron chi connectivity index (χ1n) is 13.6. The van der Waals surface area contributed by atoms with E-state index in [4.69, 9.17) is 23.2 Å². The Morgan fingerprint density at radius 1 is 0.902 bits per heavy atom. The Kier molecular flexibility index (Phi) is 11.2. The number of sulfonamides is 1. The van der Waals surface area contributed by atoms with Crippen LogP contribution in [0.25, 0.3) is 0 Å². The van der Waals surface area contributed by atoms with Crippen LogP contribution in [0, 0.1) is 6.92 Å². The maximum atomic E-state index is 14.1. The van der Waals surface area contributed by atoms with Crippen molar-refractivity contribution in [1.29, 1.82) is 0 Å². The zero-order valence-corrected chi connectivity index (χ0v) is 26.4. The molecule has 0 aromatic heterocycles. The molecule has 0 aliphatic heterocycles. The highest BCUT2D eigenvalue weighted by atomic mass is 35.5. The Balaban J connectivity index is 2.10. The summed E-state index contributed by atoms with van der Waals surface area (Å²) in [5, 5.41) is 3.59. The normalized spacial score (nSPS) is 12.9. The smallest absolute Gasteiger partial charge is 0.264 e. The number of carbonyl (C=O) groups is 2. The topological polar surface area (TPSA) is 86.8 Å². The van der Waals surface area contributed by atoms with Gasteiger partial charge in [0, 0.05) is 28.2 Å². The lowest BCUT2D eigenvalue weighted by Gasteiger charge is -2.33. The maximum absolute atomic E-state index is 14.1. The molecule has 0 fully saturated rings. The molecule has 0 heterocycles. The van der Waals surface area contributed by atoms with Crippen LogP contribution in [-0.2, 0) is 32.6 Å². The van der Waals surface area contributed by atoms with E-state index in [-0.39, 0.29) is 23.4 Å². The molecule has 2 amide bonds. The number of hydrogen-bond acceptors (Lipinski definition) is 4. The molecule has 2 unspecified atom stereocenters. The molecule has 0 saturated heterocycles. The maximum Gasteiger partial charge on any atom is 0.264 e. The van der Waals surface area contributed by atoms with Gasteiger partial charge in [-0.25, -0.2) is 8.42 Å². The summed E-state index contributed by atoms with van der Waals surface area (Å²) >= 11 is 12.9. The molecule has 0 saturated carbocycles. The zero-order chi connectivity index (χ0) is 30.3. The van der Waals surface area contributed by atoms with Crippen LogP contribution in [0.4, 0.5) is 5.69 Å². The Labute approximate surface area is 253 Å². The fraction of sp³-hybridized carbons (Fsp3) is 0.355. The molecule has 3 rings (SSSR count). The summed E-state index contributed by atoms with van der Waals surface area (Å²) in [5.41, 5.74) is 2.54. The number of para-hydroxylation sites is 1. The van der Waals surface area contributed by atoms with Gasteiger partial charge in [-0.05, 0) is 69.5 Å². The molecule has 0 radical (unpaired) electrons. The molecule has 3 aromatic rings. The number of carbonyl (C=O) groups excluding carboxylic acids is 2. The number of halogens is 2. The van der Waals surface area contributed by atoms with Gasteiger partial charge in [0.2, 0.25) is 11.8 Å². The largest absolute Gasteiger partial charge is 0.352 e. The van der Waals surface area contributed by atoms with E-state index >= 15 is 0 Å². The van der Waals surface area contributed by atoms with E-state index in [9.17, 15) is 18.0 Å². The van der Waals surface area contributed by atoms with Crippen molar-refractivity contribution in [3.05, 3.63) is 93.5 Å². The predicted octanol–water partition coefficient (Wildman–Crippen LogP) is 6.39. The molecule has 0 bridgehead atoms. The van der Waals surface area contributed by atoms with Crippen LogP contribution in [0.1, 0.15) is 50.8 Å². The highest BCUT2D eigenvalue weighted by Crippen LogP contribution is 2.30. The van der Waals surface area contributed by atoms with Gasteiger partial charge in [-0.15, -0.1) is 0 Å². The third-order valence-corrected chi connectivity index (χ3v) is 9.57. The second-order valence-electron chi connectivity index (χ2n) is 10.0. The fourth-order valence-electron chi connectivity index (χ4n) is 4.31. The predicted molar refractivity (Wildman–Crippen MR) is 166 cm³/mol. The lowest BCUT2D eigenvalue weighted by molar-refractivity contribution is -0.139. The molecule has 7 nitrogen and oxygen atoms in total. The number of benzene rings is 3. The first kappa shape index (κ1) is 32.4. The van der Waals surface area contributed by atoms with Crippen LogP contribution in [0.2, 0.25) is 10.0 Å². The van der Waals surface area contributed by atoms with Gasteiger partial charge in [0.25, 0.3) is 10.0 Å². The number of nitrogens with zero attached hydrogens (tertiary/aromatic N) is 2. The van der Waals surface area contributed by atoms with Gasteiger partial charge in [-0.2, -0.15) is 0 Å². The molecule has 1 N–H and O–H groups in total. The summed E-state index contributed by atoms with van der Waals surface area (Å²) in [4.78, 5) is 28.8. The summed E-state index contributed by atoms with van der Waals surface area (Å²) in [6.45, 7) is 8.61. The van der Waals surface area contributed by atoms with Crippen molar-refractivity contribution >= 4 is 50.7 Å². The third kappa shape index (κ3) is 7.82. The SMILES string of the molecule is CCc1ccccc1N(CC(=O)N(Cc1c(Cl)cccc1Cl)C(C)C(=O)NC(C)CC)S(=O)(=O)c1ccc(C)cc1. The number of rotatable bonds is 12. The second-order valence-corrected chi connectivity index (χ2v) is 12.7. The van der Waals surface area contributed by atoms with Gasteiger partial charge >= 0.3 is 0 Å². The van der Waals surface area contributed by atoms with Crippen molar-refractivity contribution in [3.63, 3.8) is 0 Å². The van der Waals surface area contributed by atoms with Gasteiger partial charge < -0.3 is 10.2 Å². The minimum absolute atomic E-state index is 0.0602. The minimum atomic E-state index is -4.16. The average Bonchev–Trinajstić information content (AvgIpc) is 2.95. The van der Waals surface area contributed by atoms with Crippen LogP contribution in [0.3, 0.4) is 0 Å². The van der Waals surface area contributed by atoms with Gasteiger partial charge in [0.05, 0.1) is 10.6 Å². The van der Waals surface area contributed by atoms with Crippen LogP contribution in [0.15, 0.2) is 71.6 Å². The Morgan fingerprint density at radius 3 is 2.10 bits per heavy atom. The lowest BCUT2D eigenvalue weighted by Crippen LogP contribution is -2.52. The van der Waals surface area contributed by atoms with Crippen molar-refractivity contribution in [1.82, 2.24) is 10.2 Å². The van der Waals surface area contributed by atoms with E-state index in [0.717, 1.165) is 15.4 Å². The van der Waals surface area contributed by atoms with Gasteiger partial charge in [-0.1, -0.05) is 79.0 Å². The zero-order valence-electron chi connectivity index (χ0n) is 24.0. The van der Waals surface area contributed by atoms with Gasteiger partial charge in [0.1, 0.15) is 12.6 Å². The van der Waals surface area contributed by atoms with Gasteiger partial charge in [-0.3, -0.25) is 13.9 Å². The number of hydrogen-bond donors (Lipinski definition) is 1. The van der Waals surface area contributed by atoms with E-state index in [1.54, 1.807) is 49.4 Å². The first-order valence-corrected chi connectivity index (χ1v) is 15.8. The van der Waals surface area contributed by atoms with Crippen molar-refractivity contribution in [2.45, 2.75) is 71.0 Å². The average molecular weight is 619 g/mol. The molecule has 2 atom stereocenters. The third-order valence-electron chi connectivity index (χ3n) is 7.09. The fourth-order valence-corrected chi connectivity index (χ4v) is 6.27. The Hall–Kier alpha value is -3.07. The Bertz CT molecular complexity index is 1460. The molecule has 10 heteroatoms. The van der Waals surface area contributed by atoms with Crippen LogP contribution >= 0.6 is 23.2 Å². The monoisotopic (exact) mass is 617 g/mol. The number of anilines is 1.